The molecule has 0 aliphatic heterocycles. The molecule has 0 fully saturated rings. The maximum Gasteiger partial charge on any atom is 0.109 e. The molecule has 86 valence electrons. The molecule has 0 radical (unpaired) electrons. The lowest BCUT2D eigenvalue weighted by molar-refractivity contribution is 0.492. The highest BCUT2D eigenvalue weighted by Crippen LogP contribution is 2.18. The van der Waals surface area contributed by atoms with Crippen molar-refractivity contribution < 1.29 is 0 Å². The highest BCUT2D eigenvalue weighted by atomic mass is 32.1. The van der Waals surface area contributed by atoms with Gasteiger partial charge in [-0.25, -0.2) is 4.98 Å². The Bertz CT molecular complexity index is 285. The maximum absolute atomic E-state index is 5.94. The second-order valence-electron chi connectivity index (χ2n) is 3.99. The van der Waals surface area contributed by atoms with Gasteiger partial charge in [-0.05, 0) is 20.3 Å². The average molecular weight is 227 g/mol. The highest BCUT2D eigenvalue weighted by Gasteiger charge is 2.10. The van der Waals surface area contributed by atoms with E-state index in [1.165, 1.54) is 4.88 Å². The Morgan fingerprint density at radius 2 is 2.33 bits per heavy atom. The lowest BCUT2D eigenvalue weighted by atomic mass is 10.2. The van der Waals surface area contributed by atoms with Crippen LogP contribution in [0.15, 0.2) is 6.20 Å². The zero-order valence-corrected chi connectivity index (χ0v) is 10.6. The lowest BCUT2D eigenvalue weighted by Crippen LogP contribution is -2.34. The van der Waals surface area contributed by atoms with Crippen molar-refractivity contribution in [2.75, 3.05) is 6.54 Å². The monoisotopic (exact) mass is 227 g/mol. The minimum absolute atomic E-state index is 0.263. The average Bonchev–Trinajstić information content (AvgIpc) is 2.62. The van der Waals surface area contributed by atoms with Gasteiger partial charge in [0.05, 0.1) is 6.04 Å². The van der Waals surface area contributed by atoms with Gasteiger partial charge in [0.15, 0.2) is 0 Å². The molecule has 1 heterocycles. The summed E-state index contributed by atoms with van der Waals surface area (Å²) in [5.74, 6) is 0. The summed E-state index contributed by atoms with van der Waals surface area (Å²) in [6.45, 7) is 7.24. The SMILES string of the molecule is CCCC(N)CNC(C)c1ncc(C)s1. The largest absolute Gasteiger partial charge is 0.327 e. The fourth-order valence-electron chi connectivity index (χ4n) is 1.46. The predicted octanol–water partition coefficient (Wildman–Crippen LogP) is 2.23. The molecule has 0 aliphatic rings. The molecule has 0 spiro atoms. The first-order valence-corrected chi connectivity index (χ1v) is 6.36. The number of aromatic nitrogens is 1. The number of thiazole rings is 1. The molecular formula is C11H21N3S. The Balaban J connectivity index is 2.33. The first-order valence-electron chi connectivity index (χ1n) is 5.54. The van der Waals surface area contributed by atoms with Gasteiger partial charge in [-0.1, -0.05) is 13.3 Å². The molecule has 1 rings (SSSR count). The van der Waals surface area contributed by atoms with Gasteiger partial charge in [-0.3, -0.25) is 0 Å². The highest BCUT2D eigenvalue weighted by molar-refractivity contribution is 7.11. The van der Waals surface area contributed by atoms with Crippen LogP contribution in [0.1, 0.15) is 42.6 Å². The summed E-state index contributed by atoms with van der Waals surface area (Å²) in [5, 5.41) is 4.57. The molecule has 1 aromatic rings. The Morgan fingerprint density at radius 3 is 2.87 bits per heavy atom. The van der Waals surface area contributed by atoms with E-state index < -0.39 is 0 Å². The van der Waals surface area contributed by atoms with Crippen LogP contribution in [-0.4, -0.2) is 17.6 Å². The van der Waals surface area contributed by atoms with E-state index in [-0.39, 0.29) is 6.04 Å². The Kier molecular flexibility index (Phi) is 5.22. The number of nitrogens with one attached hydrogen (secondary N) is 1. The number of nitrogens with zero attached hydrogens (tertiary/aromatic N) is 1. The van der Waals surface area contributed by atoms with Crippen molar-refractivity contribution in [2.24, 2.45) is 5.73 Å². The zero-order valence-electron chi connectivity index (χ0n) is 9.79. The minimum Gasteiger partial charge on any atom is -0.327 e. The maximum atomic E-state index is 5.94. The van der Waals surface area contributed by atoms with Crippen molar-refractivity contribution in [3.05, 3.63) is 16.1 Å². The van der Waals surface area contributed by atoms with Crippen LogP contribution >= 0.6 is 11.3 Å². The molecule has 4 heteroatoms. The third-order valence-electron chi connectivity index (χ3n) is 2.36. The Labute approximate surface area is 96.1 Å². The molecule has 0 aromatic carbocycles. The fourth-order valence-corrected chi connectivity index (χ4v) is 2.26. The van der Waals surface area contributed by atoms with Gasteiger partial charge in [0.1, 0.15) is 5.01 Å². The van der Waals surface area contributed by atoms with Gasteiger partial charge < -0.3 is 11.1 Å². The van der Waals surface area contributed by atoms with Gasteiger partial charge in [-0.15, -0.1) is 11.3 Å². The van der Waals surface area contributed by atoms with Crippen molar-refractivity contribution in [3.8, 4) is 0 Å². The van der Waals surface area contributed by atoms with Crippen molar-refractivity contribution in [1.29, 1.82) is 0 Å². The number of rotatable bonds is 6. The van der Waals surface area contributed by atoms with E-state index in [0.717, 1.165) is 24.4 Å². The molecule has 0 bridgehead atoms. The number of nitrogens with two attached hydrogens (primary N) is 1. The van der Waals surface area contributed by atoms with Gasteiger partial charge in [0.25, 0.3) is 0 Å². The number of hydrogen-bond acceptors (Lipinski definition) is 4. The molecule has 0 saturated heterocycles. The fraction of sp³-hybridized carbons (Fsp3) is 0.727. The lowest BCUT2D eigenvalue weighted by Gasteiger charge is -2.15. The van der Waals surface area contributed by atoms with Gasteiger partial charge in [0, 0.05) is 23.7 Å². The third-order valence-corrected chi connectivity index (χ3v) is 3.45. The smallest absolute Gasteiger partial charge is 0.109 e. The van der Waals surface area contributed by atoms with Crippen molar-refractivity contribution in [3.63, 3.8) is 0 Å². The van der Waals surface area contributed by atoms with E-state index in [2.05, 4.69) is 31.1 Å². The predicted molar refractivity (Wildman–Crippen MR) is 66.2 cm³/mol. The van der Waals surface area contributed by atoms with Crippen LogP contribution in [0.5, 0.6) is 0 Å². The van der Waals surface area contributed by atoms with Gasteiger partial charge >= 0.3 is 0 Å². The van der Waals surface area contributed by atoms with Crippen LogP contribution in [0, 0.1) is 6.92 Å². The van der Waals surface area contributed by atoms with Crippen molar-refractivity contribution in [2.45, 2.75) is 45.7 Å². The number of aryl methyl sites for hydroxylation is 1. The van der Waals surface area contributed by atoms with E-state index in [0.29, 0.717) is 6.04 Å². The summed E-state index contributed by atoms with van der Waals surface area (Å²) >= 11 is 1.75. The normalized spacial score (nSPS) is 15.2. The second kappa shape index (κ2) is 6.20. The van der Waals surface area contributed by atoms with Crippen LogP contribution in [0.4, 0.5) is 0 Å². The summed E-state index contributed by atoms with van der Waals surface area (Å²) in [7, 11) is 0. The van der Waals surface area contributed by atoms with E-state index >= 15 is 0 Å². The van der Waals surface area contributed by atoms with Crippen molar-refractivity contribution in [1.82, 2.24) is 10.3 Å². The van der Waals surface area contributed by atoms with Gasteiger partial charge in [-0.2, -0.15) is 0 Å². The molecule has 0 saturated carbocycles. The summed E-state index contributed by atoms with van der Waals surface area (Å²) in [6.07, 6.45) is 4.15. The molecular weight excluding hydrogens is 206 g/mol. The standard InChI is InChI=1S/C11H21N3S/c1-4-5-10(12)7-13-9(3)11-14-6-8(2)15-11/h6,9-10,13H,4-5,7,12H2,1-3H3. The quantitative estimate of drug-likeness (QED) is 0.783. The van der Waals surface area contributed by atoms with E-state index in [1.54, 1.807) is 11.3 Å². The first kappa shape index (κ1) is 12.6. The summed E-state index contributed by atoms with van der Waals surface area (Å²) in [6, 6.07) is 0.574. The Hall–Kier alpha value is -0.450. The molecule has 3 nitrogen and oxygen atoms in total. The molecule has 3 N–H and O–H groups in total. The van der Waals surface area contributed by atoms with Crippen LogP contribution in [-0.2, 0) is 0 Å². The van der Waals surface area contributed by atoms with Crippen molar-refractivity contribution >= 4 is 11.3 Å². The molecule has 0 aliphatic carbocycles. The summed E-state index contributed by atoms with van der Waals surface area (Å²) < 4.78 is 0. The van der Waals surface area contributed by atoms with Crippen LogP contribution in [0.2, 0.25) is 0 Å². The summed E-state index contributed by atoms with van der Waals surface area (Å²) in [4.78, 5) is 5.62. The Morgan fingerprint density at radius 1 is 1.60 bits per heavy atom. The molecule has 2 atom stereocenters. The molecule has 1 aromatic heterocycles. The third kappa shape index (κ3) is 4.28. The zero-order chi connectivity index (χ0) is 11.3. The van der Waals surface area contributed by atoms with Crippen LogP contribution in [0.3, 0.4) is 0 Å². The molecule has 0 amide bonds. The van der Waals surface area contributed by atoms with Gasteiger partial charge in [0.2, 0.25) is 0 Å². The molecule has 2 unspecified atom stereocenters. The first-order chi connectivity index (χ1) is 7.13. The van der Waals surface area contributed by atoms with Crippen LogP contribution < -0.4 is 11.1 Å². The topological polar surface area (TPSA) is 50.9 Å². The summed E-state index contributed by atoms with van der Waals surface area (Å²) in [5.41, 5.74) is 5.94. The molecule has 15 heavy (non-hydrogen) atoms. The van der Waals surface area contributed by atoms with E-state index in [9.17, 15) is 0 Å². The van der Waals surface area contributed by atoms with E-state index in [4.69, 9.17) is 5.73 Å². The van der Waals surface area contributed by atoms with Crippen LogP contribution in [0.25, 0.3) is 0 Å². The van der Waals surface area contributed by atoms with E-state index in [1.807, 2.05) is 6.20 Å². The second-order valence-corrected chi connectivity index (χ2v) is 5.25. The number of hydrogen-bond donors (Lipinski definition) is 2. The minimum atomic E-state index is 0.263.